The standard InChI is InChI=1S/C17H10F4N4O/c18-10-5-4-9(8-13(10)21)23-16(26)14-6-7-22-17(24-14)25-15-11(19)2-1-3-12(15)20/h1-8H,(H,23,26)(H,22,24,25). The van der Waals surface area contributed by atoms with E-state index in [1.165, 1.54) is 24.4 Å². The second-order valence-corrected chi connectivity index (χ2v) is 5.07. The van der Waals surface area contributed by atoms with Crippen molar-refractivity contribution in [3.8, 4) is 0 Å². The van der Waals surface area contributed by atoms with Gasteiger partial charge in [0.25, 0.3) is 5.91 Å². The topological polar surface area (TPSA) is 66.9 Å². The molecule has 0 spiro atoms. The monoisotopic (exact) mass is 362 g/mol. The molecule has 0 saturated heterocycles. The zero-order chi connectivity index (χ0) is 18.7. The summed E-state index contributed by atoms with van der Waals surface area (Å²) in [4.78, 5) is 19.8. The van der Waals surface area contributed by atoms with E-state index >= 15 is 0 Å². The highest BCUT2D eigenvalue weighted by molar-refractivity contribution is 6.03. The molecule has 1 amide bonds. The second-order valence-electron chi connectivity index (χ2n) is 5.07. The molecule has 0 radical (unpaired) electrons. The van der Waals surface area contributed by atoms with Crippen LogP contribution in [0.2, 0.25) is 0 Å². The molecular weight excluding hydrogens is 352 g/mol. The average molecular weight is 362 g/mol. The quantitative estimate of drug-likeness (QED) is 0.688. The number of nitrogens with zero attached hydrogens (tertiary/aromatic N) is 2. The fraction of sp³-hybridized carbons (Fsp3) is 0. The highest BCUT2D eigenvalue weighted by Crippen LogP contribution is 2.21. The Hall–Kier alpha value is -3.49. The Labute approximate surface area is 144 Å². The van der Waals surface area contributed by atoms with Gasteiger partial charge in [-0.05, 0) is 30.3 Å². The van der Waals surface area contributed by atoms with Crippen molar-refractivity contribution < 1.29 is 22.4 Å². The van der Waals surface area contributed by atoms with E-state index in [2.05, 4.69) is 20.6 Å². The Morgan fingerprint density at radius 1 is 0.885 bits per heavy atom. The zero-order valence-electron chi connectivity index (χ0n) is 12.9. The number of carbonyl (C=O) groups is 1. The molecule has 0 aliphatic heterocycles. The molecular formula is C17H10F4N4O. The van der Waals surface area contributed by atoms with Gasteiger partial charge in [0.2, 0.25) is 5.95 Å². The molecule has 26 heavy (non-hydrogen) atoms. The van der Waals surface area contributed by atoms with Crippen molar-refractivity contribution >= 4 is 23.2 Å². The minimum absolute atomic E-state index is 0.0159. The van der Waals surface area contributed by atoms with E-state index in [9.17, 15) is 22.4 Å². The summed E-state index contributed by atoms with van der Waals surface area (Å²) in [6.07, 6.45) is 1.20. The van der Waals surface area contributed by atoms with E-state index in [-0.39, 0.29) is 17.3 Å². The van der Waals surface area contributed by atoms with Gasteiger partial charge in [0.15, 0.2) is 11.6 Å². The Balaban J connectivity index is 1.80. The van der Waals surface area contributed by atoms with Gasteiger partial charge in [0, 0.05) is 18.0 Å². The van der Waals surface area contributed by atoms with Crippen molar-refractivity contribution in [3.63, 3.8) is 0 Å². The number of hydrogen-bond donors (Lipinski definition) is 2. The lowest BCUT2D eigenvalue weighted by molar-refractivity contribution is 0.102. The molecule has 3 aromatic rings. The first kappa shape index (κ1) is 17.3. The number of halogens is 4. The summed E-state index contributed by atoms with van der Waals surface area (Å²) in [6.45, 7) is 0. The summed E-state index contributed by atoms with van der Waals surface area (Å²) in [5, 5.41) is 4.68. The molecule has 3 rings (SSSR count). The highest BCUT2D eigenvalue weighted by Gasteiger charge is 2.13. The maximum Gasteiger partial charge on any atom is 0.274 e. The number of aromatic nitrogens is 2. The van der Waals surface area contributed by atoms with Crippen molar-refractivity contribution in [2.24, 2.45) is 0 Å². The molecule has 0 aliphatic rings. The molecule has 0 saturated carbocycles. The van der Waals surface area contributed by atoms with Crippen molar-refractivity contribution in [3.05, 3.63) is 77.6 Å². The van der Waals surface area contributed by atoms with E-state index in [0.29, 0.717) is 0 Å². The number of anilines is 3. The molecule has 2 N–H and O–H groups in total. The average Bonchev–Trinajstić information content (AvgIpc) is 2.62. The third-order valence-electron chi connectivity index (χ3n) is 3.27. The van der Waals surface area contributed by atoms with E-state index in [1.54, 1.807) is 0 Å². The third kappa shape index (κ3) is 3.77. The van der Waals surface area contributed by atoms with Gasteiger partial charge in [-0.25, -0.2) is 27.5 Å². The SMILES string of the molecule is O=C(Nc1ccc(F)c(F)c1)c1ccnc(Nc2c(F)cccc2F)n1. The predicted octanol–water partition coefficient (Wildman–Crippen LogP) is 4.03. The van der Waals surface area contributed by atoms with Gasteiger partial charge in [0.1, 0.15) is 23.0 Å². The smallest absolute Gasteiger partial charge is 0.274 e. The van der Waals surface area contributed by atoms with Crippen LogP contribution in [0.4, 0.5) is 34.9 Å². The van der Waals surface area contributed by atoms with Crippen LogP contribution in [-0.2, 0) is 0 Å². The summed E-state index contributed by atoms with van der Waals surface area (Å²) in [6, 6.07) is 7.38. The molecule has 0 unspecified atom stereocenters. The van der Waals surface area contributed by atoms with Crippen LogP contribution < -0.4 is 10.6 Å². The molecule has 1 heterocycles. The van der Waals surface area contributed by atoms with Gasteiger partial charge in [-0.2, -0.15) is 0 Å². The molecule has 0 aliphatic carbocycles. The van der Waals surface area contributed by atoms with E-state index in [0.717, 1.165) is 24.3 Å². The molecule has 2 aromatic carbocycles. The first-order valence-electron chi connectivity index (χ1n) is 7.24. The summed E-state index contributed by atoms with van der Waals surface area (Å²) in [7, 11) is 0. The number of rotatable bonds is 4. The predicted molar refractivity (Wildman–Crippen MR) is 86.0 cm³/mol. The summed E-state index contributed by atoms with van der Waals surface area (Å²) < 4.78 is 53.4. The highest BCUT2D eigenvalue weighted by atomic mass is 19.2. The fourth-order valence-electron chi connectivity index (χ4n) is 2.04. The Morgan fingerprint density at radius 2 is 1.62 bits per heavy atom. The Bertz CT molecular complexity index is 960. The first-order chi connectivity index (χ1) is 12.4. The first-order valence-corrected chi connectivity index (χ1v) is 7.24. The third-order valence-corrected chi connectivity index (χ3v) is 3.27. The van der Waals surface area contributed by atoms with Gasteiger partial charge in [-0.1, -0.05) is 6.07 Å². The second kappa shape index (κ2) is 7.18. The molecule has 1 aromatic heterocycles. The van der Waals surface area contributed by atoms with Gasteiger partial charge >= 0.3 is 0 Å². The molecule has 0 atom stereocenters. The van der Waals surface area contributed by atoms with Crippen molar-refractivity contribution in [2.75, 3.05) is 10.6 Å². The van der Waals surface area contributed by atoms with Gasteiger partial charge in [-0.15, -0.1) is 0 Å². The van der Waals surface area contributed by atoms with Crippen molar-refractivity contribution in [2.45, 2.75) is 0 Å². The number of nitrogens with one attached hydrogen (secondary N) is 2. The lowest BCUT2D eigenvalue weighted by Crippen LogP contribution is -2.15. The van der Waals surface area contributed by atoms with E-state index in [1.807, 2.05) is 0 Å². The van der Waals surface area contributed by atoms with Crippen LogP contribution in [0.15, 0.2) is 48.7 Å². The number of hydrogen-bond acceptors (Lipinski definition) is 4. The maximum atomic E-state index is 13.6. The van der Waals surface area contributed by atoms with E-state index < -0.39 is 34.9 Å². The molecule has 0 bridgehead atoms. The summed E-state index contributed by atoms with van der Waals surface area (Å²) in [5.74, 6) is -4.84. The zero-order valence-corrected chi connectivity index (χ0v) is 12.9. The van der Waals surface area contributed by atoms with Crippen LogP contribution >= 0.6 is 0 Å². The fourth-order valence-corrected chi connectivity index (χ4v) is 2.04. The lowest BCUT2D eigenvalue weighted by Gasteiger charge is -2.09. The number of carbonyl (C=O) groups excluding carboxylic acids is 1. The van der Waals surface area contributed by atoms with Gasteiger partial charge < -0.3 is 10.6 Å². The van der Waals surface area contributed by atoms with Crippen LogP contribution in [-0.4, -0.2) is 15.9 Å². The Morgan fingerprint density at radius 3 is 2.31 bits per heavy atom. The lowest BCUT2D eigenvalue weighted by atomic mass is 10.3. The maximum absolute atomic E-state index is 13.6. The summed E-state index contributed by atoms with van der Waals surface area (Å²) in [5.41, 5.74) is -0.600. The summed E-state index contributed by atoms with van der Waals surface area (Å²) >= 11 is 0. The molecule has 5 nitrogen and oxygen atoms in total. The minimum Gasteiger partial charge on any atom is -0.321 e. The van der Waals surface area contributed by atoms with Gasteiger partial charge in [0.05, 0.1) is 0 Å². The number of amides is 1. The van der Waals surface area contributed by atoms with Gasteiger partial charge in [-0.3, -0.25) is 4.79 Å². The number of para-hydroxylation sites is 1. The normalized spacial score (nSPS) is 10.5. The van der Waals surface area contributed by atoms with Crippen LogP contribution in [0.5, 0.6) is 0 Å². The van der Waals surface area contributed by atoms with Crippen LogP contribution in [0.25, 0.3) is 0 Å². The van der Waals surface area contributed by atoms with Crippen LogP contribution in [0.1, 0.15) is 10.5 Å². The van der Waals surface area contributed by atoms with Crippen molar-refractivity contribution in [1.82, 2.24) is 9.97 Å². The van der Waals surface area contributed by atoms with Crippen molar-refractivity contribution in [1.29, 1.82) is 0 Å². The minimum atomic E-state index is -1.12. The van der Waals surface area contributed by atoms with Crippen LogP contribution in [0.3, 0.4) is 0 Å². The van der Waals surface area contributed by atoms with E-state index in [4.69, 9.17) is 0 Å². The Kier molecular flexibility index (Phi) is 4.78. The van der Waals surface area contributed by atoms with Crippen LogP contribution in [0, 0.1) is 23.3 Å². The molecule has 0 fully saturated rings. The molecule has 9 heteroatoms. The largest absolute Gasteiger partial charge is 0.321 e. The number of benzene rings is 2. The molecule has 132 valence electrons.